The lowest BCUT2D eigenvalue weighted by molar-refractivity contribution is 0.101. The summed E-state index contributed by atoms with van der Waals surface area (Å²) in [7, 11) is 1.63. The van der Waals surface area contributed by atoms with Crippen molar-refractivity contribution < 1.29 is 19.0 Å². The number of ether oxygens (including phenoxy) is 3. The van der Waals surface area contributed by atoms with Crippen LogP contribution in [0.2, 0.25) is 0 Å². The summed E-state index contributed by atoms with van der Waals surface area (Å²) in [5.41, 5.74) is 2.41. The van der Waals surface area contributed by atoms with Gasteiger partial charge in [0.05, 0.1) is 12.7 Å². The molecule has 140 valence electrons. The van der Waals surface area contributed by atoms with Crippen LogP contribution in [0.5, 0.6) is 17.2 Å². The van der Waals surface area contributed by atoms with E-state index in [2.05, 4.69) is 15.9 Å². The first-order chi connectivity index (χ1) is 13.6. The first kappa shape index (κ1) is 18.3. The summed E-state index contributed by atoms with van der Waals surface area (Å²) >= 11 is 3.48. The van der Waals surface area contributed by atoms with Crippen LogP contribution in [0.15, 0.2) is 77.0 Å². The Kier molecular flexibility index (Phi) is 5.17. The van der Waals surface area contributed by atoms with E-state index >= 15 is 0 Å². The third kappa shape index (κ3) is 3.80. The third-order valence-electron chi connectivity index (χ3n) is 4.37. The molecule has 0 unspecified atom stereocenters. The third-order valence-corrected chi connectivity index (χ3v) is 5.10. The summed E-state index contributed by atoms with van der Waals surface area (Å²) in [6.45, 7) is 0.392. The van der Waals surface area contributed by atoms with E-state index < -0.39 is 0 Å². The molecular weight excluding hydrogens is 420 g/mol. The second-order valence-electron chi connectivity index (χ2n) is 6.26. The molecule has 5 heteroatoms. The van der Waals surface area contributed by atoms with Crippen molar-refractivity contribution in [2.24, 2.45) is 0 Å². The maximum Gasteiger partial charge on any atom is 0.231 e. The smallest absolute Gasteiger partial charge is 0.231 e. The zero-order valence-corrected chi connectivity index (χ0v) is 16.7. The van der Waals surface area contributed by atoms with Gasteiger partial charge in [0, 0.05) is 10.5 Å². The molecule has 4 rings (SSSR count). The molecule has 3 aromatic rings. The number of fused-ring (bicyclic) bond motifs is 1. The van der Waals surface area contributed by atoms with Crippen molar-refractivity contribution >= 4 is 27.8 Å². The number of hydrogen-bond donors (Lipinski definition) is 0. The lowest BCUT2D eigenvalue weighted by Gasteiger charge is -2.08. The summed E-state index contributed by atoms with van der Waals surface area (Å²) in [5, 5.41) is 0. The van der Waals surface area contributed by atoms with Gasteiger partial charge in [0.15, 0.2) is 5.76 Å². The molecule has 0 saturated carbocycles. The molecular formula is C23H17BrO4. The number of carbonyl (C=O) groups excluding carboxylic acids is 1. The number of rotatable bonds is 5. The van der Waals surface area contributed by atoms with E-state index in [0.29, 0.717) is 29.4 Å². The average molecular weight is 437 g/mol. The van der Waals surface area contributed by atoms with Gasteiger partial charge in [0.1, 0.15) is 23.9 Å². The number of halogens is 1. The van der Waals surface area contributed by atoms with Crippen LogP contribution in [0.1, 0.15) is 21.5 Å². The summed E-state index contributed by atoms with van der Waals surface area (Å²) in [6, 6.07) is 20.6. The quantitative estimate of drug-likeness (QED) is 0.484. The molecule has 0 N–H and O–H groups in total. The van der Waals surface area contributed by atoms with Crippen molar-refractivity contribution in [3.8, 4) is 17.2 Å². The van der Waals surface area contributed by atoms with Gasteiger partial charge in [-0.3, -0.25) is 4.79 Å². The number of Topliss-reactive ketones (excluding diaryl/α,β-unsaturated/α-hetero) is 1. The fraction of sp³-hybridized carbons (Fsp3) is 0.0870. The van der Waals surface area contributed by atoms with E-state index in [4.69, 9.17) is 14.2 Å². The van der Waals surface area contributed by atoms with E-state index in [9.17, 15) is 4.79 Å². The second-order valence-corrected chi connectivity index (χ2v) is 7.11. The van der Waals surface area contributed by atoms with Crippen LogP contribution in [0.25, 0.3) is 6.08 Å². The second kappa shape index (κ2) is 7.90. The van der Waals surface area contributed by atoms with Gasteiger partial charge in [0.2, 0.25) is 5.78 Å². The Morgan fingerprint density at radius 1 is 1.00 bits per heavy atom. The molecule has 0 radical (unpaired) electrons. The molecule has 3 aromatic carbocycles. The van der Waals surface area contributed by atoms with Crippen LogP contribution < -0.4 is 14.2 Å². The van der Waals surface area contributed by atoms with Crippen molar-refractivity contribution in [2.75, 3.05) is 7.11 Å². The average Bonchev–Trinajstić information content (AvgIpc) is 3.03. The van der Waals surface area contributed by atoms with Gasteiger partial charge < -0.3 is 14.2 Å². The molecule has 0 aromatic heterocycles. The fourth-order valence-corrected chi connectivity index (χ4v) is 3.32. The van der Waals surface area contributed by atoms with Gasteiger partial charge in [-0.2, -0.15) is 0 Å². The number of hydrogen-bond acceptors (Lipinski definition) is 4. The molecule has 4 nitrogen and oxygen atoms in total. The van der Waals surface area contributed by atoms with Gasteiger partial charge in [-0.05, 0) is 47.5 Å². The van der Waals surface area contributed by atoms with Crippen molar-refractivity contribution in [2.45, 2.75) is 6.61 Å². The Labute approximate surface area is 171 Å². The van der Waals surface area contributed by atoms with Crippen LogP contribution in [0.3, 0.4) is 0 Å². The highest BCUT2D eigenvalue weighted by molar-refractivity contribution is 9.10. The Bertz CT molecular complexity index is 1070. The number of allylic oxidation sites excluding steroid dienone is 1. The largest absolute Gasteiger partial charge is 0.497 e. The van der Waals surface area contributed by atoms with Gasteiger partial charge in [-0.1, -0.05) is 46.3 Å². The first-order valence-electron chi connectivity index (χ1n) is 8.72. The maximum absolute atomic E-state index is 12.6. The monoisotopic (exact) mass is 436 g/mol. The van der Waals surface area contributed by atoms with E-state index in [-0.39, 0.29) is 5.78 Å². The van der Waals surface area contributed by atoms with Crippen LogP contribution in [0, 0.1) is 0 Å². The number of ketones is 1. The topological polar surface area (TPSA) is 44.8 Å². The molecule has 28 heavy (non-hydrogen) atoms. The van der Waals surface area contributed by atoms with E-state index in [1.807, 2.05) is 48.5 Å². The van der Waals surface area contributed by atoms with Crippen LogP contribution in [0.4, 0.5) is 0 Å². The van der Waals surface area contributed by atoms with Crippen LogP contribution in [-0.2, 0) is 6.61 Å². The van der Waals surface area contributed by atoms with Gasteiger partial charge in [0.25, 0.3) is 0 Å². The predicted molar refractivity (Wildman–Crippen MR) is 111 cm³/mol. The van der Waals surface area contributed by atoms with Gasteiger partial charge in [-0.15, -0.1) is 0 Å². The molecule has 1 aliphatic rings. The Balaban J connectivity index is 1.51. The van der Waals surface area contributed by atoms with Crippen molar-refractivity contribution in [1.29, 1.82) is 0 Å². The van der Waals surface area contributed by atoms with Crippen molar-refractivity contribution in [3.63, 3.8) is 0 Å². The minimum Gasteiger partial charge on any atom is -0.497 e. The zero-order valence-electron chi connectivity index (χ0n) is 15.1. The highest BCUT2D eigenvalue weighted by Crippen LogP contribution is 2.35. The number of carbonyl (C=O) groups is 1. The Morgan fingerprint density at radius 2 is 1.86 bits per heavy atom. The zero-order chi connectivity index (χ0) is 19.5. The number of methoxy groups -OCH3 is 1. The lowest BCUT2D eigenvalue weighted by atomic mass is 10.1. The molecule has 0 atom stereocenters. The first-order valence-corrected chi connectivity index (χ1v) is 9.52. The minimum atomic E-state index is -0.134. The molecule has 0 aliphatic carbocycles. The SMILES string of the molecule is COc1cccc(COc2ccc3c(c2)O/C(=C\c2ccccc2Br)C3=O)c1. The summed E-state index contributed by atoms with van der Waals surface area (Å²) in [4.78, 5) is 12.6. The molecule has 1 aliphatic heterocycles. The van der Waals surface area contributed by atoms with E-state index in [1.54, 1.807) is 31.4 Å². The summed E-state index contributed by atoms with van der Waals surface area (Å²) < 4.78 is 17.8. The summed E-state index contributed by atoms with van der Waals surface area (Å²) in [5.74, 6) is 2.09. The highest BCUT2D eigenvalue weighted by atomic mass is 79.9. The van der Waals surface area contributed by atoms with Crippen LogP contribution >= 0.6 is 15.9 Å². The molecule has 0 spiro atoms. The Morgan fingerprint density at radius 3 is 2.68 bits per heavy atom. The van der Waals surface area contributed by atoms with E-state index in [1.165, 1.54) is 0 Å². The molecule has 1 heterocycles. The fourth-order valence-electron chi connectivity index (χ4n) is 2.92. The van der Waals surface area contributed by atoms with Gasteiger partial charge >= 0.3 is 0 Å². The molecule has 0 fully saturated rings. The predicted octanol–water partition coefficient (Wildman–Crippen LogP) is 5.65. The van der Waals surface area contributed by atoms with Crippen molar-refractivity contribution in [1.82, 2.24) is 0 Å². The summed E-state index contributed by atoms with van der Waals surface area (Å²) in [6.07, 6.45) is 1.74. The molecule has 0 bridgehead atoms. The normalized spacial score (nSPS) is 13.9. The molecule has 0 saturated heterocycles. The van der Waals surface area contributed by atoms with E-state index in [0.717, 1.165) is 21.3 Å². The standard InChI is InChI=1S/C23H17BrO4/c1-26-17-7-4-5-15(11-17)14-27-18-9-10-19-21(13-18)28-22(23(19)25)12-16-6-2-3-8-20(16)24/h2-13H,14H2,1H3/b22-12-. The maximum atomic E-state index is 12.6. The minimum absolute atomic E-state index is 0.134. The highest BCUT2D eigenvalue weighted by Gasteiger charge is 2.27. The van der Waals surface area contributed by atoms with Crippen molar-refractivity contribution in [3.05, 3.63) is 93.7 Å². The lowest BCUT2D eigenvalue weighted by Crippen LogP contribution is -1.98. The molecule has 0 amide bonds. The number of benzene rings is 3. The van der Waals surface area contributed by atoms with Gasteiger partial charge in [-0.25, -0.2) is 0 Å². The Hall–Kier alpha value is -3.05. The van der Waals surface area contributed by atoms with Crippen LogP contribution in [-0.4, -0.2) is 12.9 Å².